The fraction of sp³-hybridized carbons (Fsp3) is 0.500. The minimum atomic E-state index is 0.655. The standard InChI is InChI=1S/C20H29ClN6/c1-5-22-20(23-14-19-15(2)24-25(4)16(19)3)27-11-9-26(10-12-27)18-8-6-7-17(21)13-18/h6-8,13H,5,9-12,14H2,1-4H3,(H,22,23). The van der Waals surface area contributed by atoms with Crippen LogP contribution in [0.3, 0.4) is 0 Å². The Kier molecular flexibility index (Phi) is 6.26. The topological polar surface area (TPSA) is 48.7 Å². The second-order valence-corrected chi connectivity index (χ2v) is 7.33. The number of hydrogen-bond donors (Lipinski definition) is 1. The van der Waals surface area contributed by atoms with Crippen LogP contribution >= 0.6 is 11.6 Å². The molecule has 1 N–H and O–H groups in total. The van der Waals surface area contributed by atoms with Gasteiger partial charge in [-0.15, -0.1) is 0 Å². The Morgan fingerprint density at radius 1 is 1.22 bits per heavy atom. The van der Waals surface area contributed by atoms with Crippen molar-refractivity contribution in [1.29, 1.82) is 0 Å². The van der Waals surface area contributed by atoms with Crippen LogP contribution in [0.15, 0.2) is 29.3 Å². The maximum Gasteiger partial charge on any atom is 0.194 e. The quantitative estimate of drug-likeness (QED) is 0.646. The number of aromatic nitrogens is 2. The zero-order chi connectivity index (χ0) is 19.4. The number of piperazine rings is 1. The fourth-order valence-electron chi connectivity index (χ4n) is 3.48. The van der Waals surface area contributed by atoms with E-state index in [9.17, 15) is 0 Å². The number of nitrogens with zero attached hydrogens (tertiary/aromatic N) is 5. The summed E-state index contributed by atoms with van der Waals surface area (Å²) in [6, 6.07) is 8.08. The number of anilines is 1. The molecule has 146 valence electrons. The second-order valence-electron chi connectivity index (χ2n) is 6.90. The number of nitrogens with one attached hydrogen (secondary N) is 1. The van der Waals surface area contributed by atoms with Gasteiger partial charge in [0.15, 0.2) is 5.96 Å². The lowest BCUT2D eigenvalue weighted by molar-refractivity contribution is 0.372. The molecule has 1 aliphatic heterocycles. The van der Waals surface area contributed by atoms with Gasteiger partial charge in [0, 0.05) is 61.7 Å². The first kappa shape index (κ1) is 19.5. The van der Waals surface area contributed by atoms with E-state index < -0.39 is 0 Å². The molecule has 0 radical (unpaired) electrons. The monoisotopic (exact) mass is 388 g/mol. The molecule has 0 spiro atoms. The Labute approximate surface area is 166 Å². The molecule has 0 unspecified atom stereocenters. The number of aliphatic imine (C=N–C) groups is 1. The third-order valence-corrected chi connectivity index (χ3v) is 5.37. The van der Waals surface area contributed by atoms with Crippen LogP contribution in [0.25, 0.3) is 0 Å². The zero-order valence-corrected chi connectivity index (χ0v) is 17.4. The predicted molar refractivity (Wildman–Crippen MR) is 113 cm³/mol. The Morgan fingerprint density at radius 2 is 1.96 bits per heavy atom. The smallest absolute Gasteiger partial charge is 0.194 e. The van der Waals surface area contributed by atoms with Crippen LogP contribution in [-0.2, 0) is 13.6 Å². The molecule has 1 aromatic heterocycles. The van der Waals surface area contributed by atoms with E-state index in [4.69, 9.17) is 16.6 Å². The van der Waals surface area contributed by atoms with Gasteiger partial charge in [-0.1, -0.05) is 17.7 Å². The molecule has 6 nitrogen and oxygen atoms in total. The summed E-state index contributed by atoms with van der Waals surface area (Å²) >= 11 is 6.14. The van der Waals surface area contributed by atoms with Crippen LogP contribution in [0.4, 0.5) is 5.69 Å². The van der Waals surface area contributed by atoms with Crippen LogP contribution in [0.1, 0.15) is 23.9 Å². The highest BCUT2D eigenvalue weighted by atomic mass is 35.5. The molecule has 2 aromatic rings. The van der Waals surface area contributed by atoms with Gasteiger partial charge >= 0.3 is 0 Å². The molecule has 1 fully saturated rings. The first-order chi connectivity index (χ1) is 13.0. The predicted octanol–water partition coefficient (Wildman–Crippen LogP) is 2.98. The first-order valence-electron chi connectivity index (χ1n) is 9.52. The fourth-order valence-corrected chi connectivity index (χ4v) is 3.66. The van der Waals surface area contributed by atoms with Crippen molar-refractivity contribution in [3.8, 4) is 0 Å². The molecular formula is C20H29ClN6. The molecule has 0 aliphatic carbocycles. The van der Waals surface area contributed by atoms with Gasteiger partial charge in [-0.2, -0.15) is 5.10 Å². The van der Waals surface area contributed by atoms with Crippen molar-refractivity contribution < 1.29 is 0 Å². The lowest BCUT2D eigenvalue weighted by Gasteiger charge is -2.37. The second kappa shape index (κ2) is 8.65. The van der Waals surface area contributed by atoms with Crippen LogP contribution < -0.4 is 10.2 Å². The van der Waals surface area contributed by atoms with Crippen molar-refractivity contribution in [2.75, 3.05) is 37.6 Å². The van der Waals surface area contributed by atoms with E-state index >= 15 is 0 Å². The summed E-state index contributed by atoms with van der Waals surface area (Å²) in [5.41, 5.74) is 4.63. The van der Waals surface area contributed by atoms with Crippen LogP contribution in [-0.4, -0.2) is 53.4 Å². The summed E-state index contributed by atoms with van der Waals surface area (Å²) in [4.78, 5) is 9.61. The van der Waals surface area contributed by atoms with Gasteiger partial charge in [-0.3, -0.25) is 4.68 Å². The van der Waals surface area contributed by atoms with Crippen LogP contribution in [0.2, 0.25) is 5.02 Å². The molecule has 3 rings (SSSR count). The van der Waals surface area contributed by atoms with Gasteiger partial charge in [0.25, 0.3) is 0 Å². The molecule has 2 heterocycles. The summed E-state index contributed by atoms with van der Waals surface area (Å²) in [5.74, 6) is 0.978. The number of guanidine groups is 1. The van der Waals surface area contributed by atoms with Crippen molar-refractivity contribution in [2.24, 2.45) is 12.0 Å². The number of aryl methyl sites for hydroxylation is 2. The third kappa shape index (κ3) is 4.56. The van der Waals surface area contributed by atoms with E-state index in [1.807, 2.05) is 29.9 Å². The van der Waals surface area contributed by atoms with Crippen molar-refractivity contribution in [2.45, 2.75) is 27.3 Å². The summed E-state index contributed by atoms with van der Waals surface area (Å²) < 4.78 is 1.93. The molecule has 7 heteroatoms. The Morgan fingerprint density at radius 3 is 2.56 bits per heavy atom. The maximum atomic E-state index is 6.14. The van der Waals surface area contributed by atoms with E-state index in [0.717, 1.165) is 49.4 Å². The SMILES string of the molecule is CCNC(=NCc1c(C)nn(C)c1C)N1CCN(c2cccc(Cl)c2)CC1. The molecule has 0 saturated carbocycles. The lowest BCUT2D eigenvalue weighted by atomic mass is 10.2. The molecule has 1 saturated heterocycles. The summed E-state index contributed by atoms with van der Waals surface area (Å²) in [7, 11) is 1.98. The molecule has 27 heavy (non-hydrogen) atoms. The van der Waals surface area contributed by atoms with E-state index in [1.54, 1.807) is 0 Å². The van der Waals surface area contributed by atoms with Crippen LogP contribution in [0, 0.1) is 13.8 Å². The normalized spacial score (nSPS) is 15.4. The highest BCUT2D eigenvalue weighted by Gasteiger charge is 2.20. The zero-order valence-electron chi connectivity index (χ0n) is 16.7. The first-order valence-corrected chi connectivity index (χ1v) is 9.90. The molecule has 0 amide bonds. The lowest BCUT2D eigenvalue weighted by Crippen LogP contribution is -2.52. The molecule has 0 bridgehead atoms. The third-order valence-electron chi connectivity index (χ3n) is 5.13. The number of rotatable bonds is 4. The van der Waals surface area contributed by atoms with Gasteiger partial charge < -0.3 is 15.1 Å². The van der Waals surface area contributed by atoms with Crippen LogP contribution in [0.5, 0.6) is 0 Å². The van der Waals surface area contributed by atoms with Crippen molar-refractivity contribution >= 4 is 23.2 Å². The Balaban J connectivity index is 1.67. The number of hydrogen-bond acceptors (Lipinski definition) is 3. The minimum Gasteiger partial charge on any atom is -0.368 e. The van der Waals surface area contributed by atoms with Crippen molar-refractivity contribution in [3.63, 3.8) is 0 Å². The Bertz CT molecular complexity index is 805. The molecule has 1 aliphatic rings. The summed E-state index contributed by atoms with van der Waals surface area (Å²) in [6.45, 7) is 11.5. The highest BCUT2D eigenvalue weighted by Crippen LogP contribution is 2.21. The summed E-state index contributed by atoms with van der Waals surface area (Å²) in [6.07, 6.45) is 0. The van der Waals surface area contributed by atoms with Gasteiger partial charge in [0.05, 0.1) is 12.2 Å². The molecule has 1 aromatic carbocycles. The molecular weight excluding hydrogens is 360 g/mol. The van der Waals surface area contributed by atoms with E-state index in [2.05, 4.69) is 47.1 Å². The average molecular weight is 389 g/mol. The minimum absolute atomic E-state index is 0.655. The largest absolute Gasteiger partial charge is 0.368 e. The van der Waals surface area contributed by atoms with Crippen molar-refractivity contribution in [1.82, 2.24) is 20.0 Å². The van der Waals surface area contributed by atoms with E-state index in [1.165, 1.54) is 16.9 Å². The summed E-state index contributed by atoms with van der Waals surface area (Å²) in [5, 5.41) is 8.72. The van der Waals surface area contributed by atoms with Crippen molar-refractivity contribution in [3.05, 3.63) is 46.2 Å². The number of halogens is 1. The molecule has 0 atom stereocenters. The van der Waals surface area contributed by atoms with Gasteiger partial charge in [0.2, 0.25) is 0 Å². The van der Waals surface area contributed by atoms with E-state index in [-0.39, 0.29) is 0 Å². The maximum absolute atomic E-state index is 6.14. The van der Waals surface area contributed by atoms with Gasteiger partial charge in [-0.25, -0.2) is 4.99 Å². The van der Waals surface area contributed by atoms with Gasteiger partial charge in [-0.05, 0) is 39.0 Å². The van der Waals surface area contributed by atoms with Gasteiger partial charge in [0.1, 0.15) is 0 Å². The average Bonchev–Trinajstić information content (AvgIpc) is 2.91. The Hall–Kier alpha value is -2.21. The number of benzene rings is 1. The highest BCUT2D eigenvalue weighted by molar-refractivity contribution is 6.30. The van der Waals surface area contributed by atoms with E-state index in [0.29, 0.717) is 6.54 Å².